The fraction of sp³-hybridized carbons (Fsp3) is 0.190. The zero-order valence-electron chi connectivity index (χ0n) is 15.1. The van der Waals surface area contributed by atoms with Crippen LogP contribution in [0, 0.1) is 0 Å². The molecule has 3 aromatic rings. The van der Waals surface area contributed by atoms with Gasteiger partial charge in [0.1, 0.15) is 11.3 Å². The maximum Gasteiger partial charge on any atom is 0.242 e. The minimum absolute atomic E-state index is 0.400. The Balaban J connectivity index is 1.99. The zero-order chi connectivity index (χ0) is 19.1. The number of carbonyl (C=O) groups excluding carboxylic acids is 1. The van der Waals surface area contributed by atoms with E-state index < -0.39 is 11.4 Å². The van der Waals surface area contributed by atoms with Crippen molar-refractivity contribution in [3.8, 4) is 5.75 Å². The van der Waals surface area contributed by atoms with Gasteiger partial charge in [-0.15, -0.1) is 0 Å². The molecule has 0 saturated heterocycles. The van der Waals surface area contributed by atoms with Crippen molar-refractivity contribution in [1.29, 1.82) is 0 Å². The fourth-order valence-corrected chi connectivity index (χ4v) is 3.02. The summed E-state index contributed by atoms with van der Waals surface area (Å²) in [7, 11) is 1.61. The van der Waals surface area contributed by atoms with Crippen LogP contribution in [-0.2, 0) is 23.3 Å². The molecule has 138 valence electrons. The predicted octanol–water partition coefficient (Wildman–Crippen LogP) is 2.20. The molecule has 2 heterocycles. The Morgan fingerprint density at radius 1 is 1.04 bits per heavy atom. The number of nitrogens with one attached hydrogen (secondary N) is 1. The minimum atomic E-state index is -1.08. The first-order valence-electron chi connectivity index (χ1n) is 8.61. The van der Waals surface area contributed by atoms with Gasteiger partial charge in [0.05, 0.1) is 7.11 Å². The second-order valence-corrected chi connectivity index (χ2v) is 6.25. The van der Waals surface area contributed by atoms with E-state index in [9.17, 15) is 4.79 Å². The van der Waals surface area contributed by atoms with E-state index in [-0.39, 0.29) is 0 Å². The summed E-state index contributed by atoms with van der Waals surface area (Å²) in [5.74, 6) is 0.265. The van der Waals surface area contributed by atoms with Crippen molar-refractivity contribution in [3.63, 3.8) is 0 Å². The summed E-state index contributed by atoms with van der Waals surface area (Å²) in [5, 5.41) is 3.38. The van der Waals surface area contributed by atoms with Gasteiger partial charge in [0.25, 0.3) is 0 Å². The molecular weight excluding hydrogens is 340 g/mol. The van der Waals surface area contributed by atoms with E-state index >= 15 is 0 Å². The van der Waals surface area contributed by atoms with E-state index in [4.69, 9.17) is 10.5 Å². The van der Waals surface area contributed by atoms with Crippen molar-refractivity contribution in [2.24, 2.45) is 5.73 Å². The molecular formula is C21H22N4O2. The molecule has 2 aromatic heterocycles. The number of rotatable bonds is 8. The summed E-state index contributed by atoms with van der Waals surface area (Å²) in [6, 6.07) is 14.9. The van der Waals surface area contributed by atoms with Crippen LogP contribution in [-0.4, -0.2) is 23.0 Å². The van der Waals surface area contributed by atoms with Crippen molar-refractivity contribution in [2.75, 3.05) is 7.11 Å². The van der Waals surface area contributed by atoms with Gasteiger partial charge in [-0.05, 0) is 47.0 Å². The van der Waals surface area contributed by atoms with E-state index in [0.717, 1.165) is 16.7 Å². The van der Waals surface area contributed by atoms with Crippen LogP contribution in [0.1, 0.15) is 16.7 Å². The maximum atomic E-state index is 12.7. The number of primary amides is 1. The van der Waals surface area contributed by atoms with Gasteiger partial charge in [-0.25, -0.2) is 0 Å². The number of pyridine rings is 2. The number of benzene rings is 1. The highest BCUT2D eigenvalue weighted by Gasteiger charge is 2.38. The molecule has 3 rings (SSSR count). The molecule has 0 spiro atoms. The van der Waals surface area contributed by atoms with Crippen LogP contribution < -0.4 is 15.8 Å². The first-order chi connectivity index (χ1) is 13.1. The van der Waals surface area contributed by atoms with Crippen molar-refractivity contribution in [2.45, 2.75) is 18.5 Å². The molecule has 0 fully saturated rings. The minimum Gasteiger partial charge on any atom is -0.497 e. The molecule has 0 aliphatic heterocycles. The summed E-state index contributed by atoms with van der Waals surface area (Å²) in [6.07, 6.45) is 7.29. The Labute approximate surface area is 158 Å². The van der Waals surface area contributed by atoms with Gasteiger partial charge >= 0.3 is 0 Å². The number of aromatic nitrogens is 2. The molecule has 0 aliphatic rings. The first kappa shape index (κ1) is 18.5. The topological polar surface area (TPSA) is 90.1 Å². The quantitative estimate of drug-likeness (QED) is 0.641. The molecule has 1 unspecified atom stereocenters. The fourth-order valence-electron chi connectivity index (χ4n) is 3.02. The van der Waals surface area contributed by atoms with Crippen LogP contribution in [0.25, 0.3) is 0 Å². The molecule has 0 bridgehead atoms. The smallest absolute Gasteiger partial charge is 0.242 e. The number of nitrogens with two attached hydrogens (primary N) is 1. The second-order valence-electron chi connectivity index (χ2n) is 6.25. The SMILES string of the molecule is COc1ccc(C(Cc2ccncc2)(NCc2cccnc2)C(N)=O)cc1. The van der Waals surface area contributed by atoms with E-state index in [2.05, 4.69) is 15.3 Å². The third-order valence-electron chi connectivity index (χ3n) is 4.54. The summed E-state index contributed by atoms with van der Waals surface area (Å²) in [6.45, 7) is 0.452. The van der Waals surface area contributed by atoms with Crippen LogP contribution in [0.15, 0.2) is 73.3 Å². The molecule has 3 N–H and O–H groups in total. The lowest BCUT2D eigenvalue weighted by atomic mass is 9.83. The van der Waals surface area contributed by atoms with E-state index in [1.165, 1.54) is 0 Å². The molecule has 0 saturated carbocycles. The molecule has 0 aliphatic carbocycles. The Kier molecular flexibility index (Phi) is 5.78. The second kappa shape index (κ2) is 8.42. The van der Waals surface area contributed by atoms with Gasteiger partial charge in [0, 0.05) is 37.8 Å². The monoisotopic (exact) mass is 362 g/mol. The van der Waals surface area contributed by atoms with Gasteiger partial charge < -0.3 is 10.5 Å². The largest absolute Gasteiger partial charge is 0.497 e. The summed E-state index contributed by atoms with van der Waals surface area (Å²) >= 11 is 0. The molecule has 1 amide bonds. The van der Waals surface area contributed by atoms with Crippen LogP contribution in [0.5, 0.6) is 5.75 Å². The molecule has 27 heavy (non-hydrogen) atoms. The average molecular weight is 362 g/mol. The zero-order valence-corrected chi connectivity index (χ0v) is 15.1. The van der Waals surface area contributed by atoms with Gasteiger partial charge in [-0.3, -0.25) is 20.1 Å². The molecule has 6 heteroatoms. The lowest BCUT2D eigenvalue weighted by Gasteiger charge is -2.33. The number of hydrogen-bond donors (Lipinski definition) is 2. The number of nitrogens with zero attached hydrogens (tertiary/aromatic N) is 2. The predicted molar refractivity (Wildman–Crippen MR) is 103 cm³/mol. The highest BCUT2D eigenvalue weighted by atomic mass is 16.5. The first-order valence-corrected chi connectivity index (χ1v) is 8.61. The number of ether oxygens (including phenoxy) is 1. The van der Waals surface area contributed by atoms with Gasteiger partial charge in [-0.2, -0.15) is 0 Å². The highest BCUT2D eigenvalue weighted by Crippen LogP contribution is 2.28. The molecule has 1 aromatic carbocycles. The van der Waals surface area contributed by atoms with Crippen LogP contribution >= 0.6 is 0 Å². The standard InChI is InChI=1S/C21H22N4O2/c1-27-19-6-4-18(5-7-19)21(20(22)26,13-16-8-11-23-12-9-16)25-15-17-3-2-10-24-14-17/h2-12,14,25H,13,15H2,1H3,(H2,22,26). The van der Waals surface area contributed by atoms with Gasteiger partial charge in [-0.1, -0.05) is 18.2 Å². The molecule has 6 nitrogen and oxygen atoms in total. The molecule has 1 atom stereocenters. The Bertz CT molecular complexity index is 870. The number of hydrogen-bond acceptors (Lipinski definition) is 5. The number of carbonyl (C=O) groups is 1. The summed E-state index contributed by atoms with van der Waals surface area (Å²) < 4.78 is 5.24. The van der Waals surface area contributed by atoms with E-state index in [1.54, 1.807) is 31.9 Å². The lowest BCUT2D eigenvalue weighted by Crippen LogP contribution is -2.54. The van der Waals surface area contributed by atoms with Crippen LogP contribution in [0.4, 0.5) is 0 Å². The van der Waals surface area contributed by atoms with Crippen molar-refractivity contribution in [1.82, 2.24) is 15.3 Å². The molecule has 0 radical (unpaired) electrons. The van der Waals surface area contributed by atoms with Crippen molar-refractivity contribution >= 4 is 5.91 Å². The lowest BCUT2D eigenvalue weighted by molar-refractivity contribution is -0.125. The van der Waals surface area contributed by atoms with Crippen LogP contribution in [0.3, 0.4) is 0 Å². The van der Waals surface area contributed by atoms with Crippen LogP contribution in [0.2, 0.25) is 0 Å². The van der Waals surface area contributed by atoms with Crippen molar-refractivity contribution in [3.05, 3.63) is 90.0 Å². The summed E-state index contributed by atoms with van der Waals surface area (Å²) in [5.41, 5.74) is 7.54. The maximum absolute atomic E-state index is 12.7. The number of amides is 1. The number of methoxy groups -OCH3 is 1. The normalized spacial score (nSPS) is 12.9. The Hall–Kier alpha value is -3.25. The Morgan fingerprint density at radius 3 is 2.37 bits per heavy atom. The summed E-state index contributed by atoms with van der Waals surface area (Å²) in [4.78, 5) is 20.9. The average Bonchev–Trinajstić information content (AvgIpc) is 2.72. The van der Waals surface area contributed by atoms with Gasteiger partial charge in [0.2, 0.25) is 5.91 Å². The highest BCUT2D eigenvalue weighted by molar-refractivity contribution is 5.86. The van der Waals surface area contributed by atoms with E-state index in [0.29, 0.717) is 18.7 Å². The van der Waals surface area contributed by atoms with E-state index in [1.807, 2.05) is 48.5 Å². The Morgan fingerprint density at radius 2 is 1.78 bits per heavy atom. The third kappa shape index (κ3) is 4.30. The van der Waals surface area contributed by atoms with Gasteiger partial charge in [0.15, 0.2) is 0 Å². The van der Waals surface area contributed by atoms with Crippen molar-refractivity contribution < 1.29 is 9.53 Å². The third-order valence-corrected chi connectivity index (χ3v) is 4.54.